The number of hydrogen-bond acceptors (Lipinski definition) is 4. The third kappa shape index (κ3) is 4.42. The summed E-state index contributed by atoms with van der Waals surface area (Å²) in [7, 11) is 1.71. The highest BCUT2D eigenvalue weighted by Gasteiger charge is 2.17. The van der Waals surface area contributed by atoms with Crippen LogP contribution >= 0.6 is 0 Å². The monoisotopic (exact) mass is 326 g/mol. The standard InChI is InChI=1S/C20H26N2O2/c1-17-5-3-8-20(15-17)24-14-13-21-9-11-22(12-10-21)18-6-4-7-19(16-18)23-2/h3-8,15-16H,9-14H2,1-2H3. The lowest BCUT2D eigenvalue weighted by molar-refractivity contribution is 0.200. The van der Waals surface area contributed by atoms with E-state index in [1.807, 2.05) is 18.2 Å². The summed E-state index contributed by atoms with van der Waals surface area (Å²) in [6.45, 7) is 8.01. The summed E-state index contributed by atoms with van der Waals surface area (Å²) in [5.74, 6) is 1.88. The molecule has 0 radical (unpaired) electrons. The molecule has 1 aliphatic heterocycles. The topological polar surface area (TPSA) is 24.9 Å². The van der Waals surface area contributed by atoms with E-state index in [2.05, 4.69) is 47.1 Å². The first-order valence-corrected chi connectivity index (χ1v) is 8.55. The van der Waals surface area contributed by atoms with Gasteiger partial charge in [-0.15, -0.1) is 0 Å². The van der Waals surface area contributed by atoms with Crippen LogP contribution in [0.2, 0.25) is 0 Å². The molecule has 4 heteroatoms. The van der Waals surface area contributed by atoms with E-state index in [0.29, 0.717) is 0 Å². The Balaban J connectivity index is 1.43. The number of benzene rings is 2. The molecule has 0 N–H and O–H groups in total. The molecule has 4 nitrogen and oxygen atoms in total. The largest absolute Gasteiger partial charge is 0.497 e. The van der Waals surface area contributed by atoms with Gasteiger partial charge in [0.1, 0.15) is 18.1 Å². The molecule has 0 bridgehead atoms. The molecule has 2 aromatic rings. The van der Waals surface area contributed by atoms with Crippen molar-refractivity contribution in [3.05, 3.63) is 54.1 Å². The molecule has 0 saturated carbocycles. The van der Waals surface area contributed by atoms with Crippen molar-refractivity contribution in [2.24, 2.45) is 0 Å². The Labute approximate surface area is 144 Å². The van der Waals surface area contributed by atoms with Gasteiger partial charge in [0.25, 0.3) is 0 Å². The van der Waals surface area contributed by atoms with Crippen molar-refractivity contribution in [1.82, 2.24) is 4.90 Å². The normalized spacial score (nSPS) is 15.3. The van der Waals surface area contributed by atoms with Gasteiger partial charge in [-0.2, -0.15) is 0 Å². The molecule has 0 atom stereocenters. The van der Waals surface area contributed by atoms with Crippen LogP contribution in [0.25, 0.3) is 0 Å². The second kappa shape index (κ2) is 8.06. The third-order valence-corrected chi connectivity index (χ3v) is 4.46. The minimum absolute atomic E-state index is 0.739. The van der Waals surface area contributed by atoms with E-state index >= 15 is 0 Å². The molecule has 1 saturated heterocycles. The van der Waals surface area contributed by atoms with Crippen LogP contribution in [0.15, 0.2) is 48.5 Å². The molecule has 1 heterocycles. The lowest BCUT2D eigenvalue weighted by Crippen LogP contribution is -2.47. The van der Waals surface area contributed by atoms with Crippen LogP contribution < -0.4 is 14.4 Å². The van der Waals surface area contributed by atoms with Crippen molar-refractivity contribution in [3.63, 3.8) is 0 Å². The van der Waals surface area contributed by atoms with E-state index in [4.69, 9.17) is 9.47 Å². The van der Waals surface area contributed by atoms with E-state index in [0.717, 1.165) is 50.8 Å². The van der Waals surface area contributed by atoms with E-state index in [1.54, 1.807) is 7.11 Å². The highest BCUT2D eigenvalue weighted by molar-refractivity contribution is 5.51. The highest BCUT2D eigenvalue weighted by Crippen LogP contribution is 2.22. The molecule has 128 valence electrons. The fraction of sp³-hybridized carbons (Fsp3) is 0.400. The van der Waals surface area contributed by atoms with Gasteiger partial charge in [0.15, 0.2) is 0 Å². The Morgan fingerprint density at radius 2 is 1.67 bits per heavy atom. The SMILES string of the molecule is COc1cccc(N2CCN(CCOc3cccc(C)c3)CC2)c1. The van der Waals surface area contributed by atoms with Gasteiger partial charge in [-0.3, -0.25) is 4.90 Å². The molecular weight excluding hydrogens is 300 g/mol. The third-order valence-electron chi connectivity index (χ3n) is 4.46. The molecule has 0 aliphatic carbocycles. The Kier molecular flexibility index (Phi) is 5.59. The fourth-order valence-electron chi connectivity index (χ4n) is 3.03. The van der Waals surface area contributed by atoms with Crippen LogP contribution in [-0.2, 0) is 0 Å². The first-order valence-electron chi connectivity index (χ1n) is 8.55. The van der Waals surface area contributed by atoms with Crippen molar-refractivity contribution >= 4 is 5.69 Å². The number of nitrogens with zero attached hydrogens (tertiary/aromatic N) is 2. The summed E-state index contributed by atoms with van der Waals surface area (Å²) >= 11 is 0. The zero-order valence-corrected chi connectivity index (χ0v) is 14.6. The molecule has 24 heavy (non-hydrogen) atoms. The summed E-state index contributed by atoms with van der Waals surface area (Å²) in [6.07, 6.45) is 0. The molecule has 1 fully saturated rings. The second-order valence-corrected chi connectivity index (χ2v) is 6.20. The molecule has 2 aromatic carbocycles. The first kappa shape index (κ1) is 16.7. The quantitative estimate of drug-likeness (QED) is 0.814. The van der Waals surface area contributed by atoms with Crippen LogP contribution in [-0.4, -0.2) is 51.3 Å². The van der Waals surface area contributed by atoms with Crippen LogP contribution in [0.1, 0.15) is 5.56 Å². The summed E-state index contributed by atoms with van der Waals surface area (Å²) in [4.78, 5) is 4.88. The lowest BCUT2D eigenvalue weighted by Gasteiger charge is -2.36. The molecule has 1 aliphatic rings. The van der Waals surface area contributed by atoms with E-state index in [1.165, 1.54) is 11.3 Å². The van der Waals surface area contributed by atoms with Gasteiger partial charge in [-0.1, -0.05) is 18.2 Å². The number of piperazine rings is 1. The molecule has 3 rings (SSSR count). The lowest BCUT2D eigenvalue weighted by atomic mass is 10.2. The first-order chi connectivity index (χ1) is 11.7. The zero-order chi connectivity index (χ0) is 16.8. The minimum Gasteiger partial charge on any atom is -0.497 e. The minimum atomic E-state index is 0.739. The predicted octanol–water partition coefficient (Wildman–Crippen LogP) is 3.20. The van der Waals surface area contributed by atoms with Gasteiger partial charge < -0.3 is 14.4 Å². The number of anilines is 1. The average molecular weight is 326 g/mol. The van der Waals surface area contributed by atoms with Gasteiger partial charge in [0.05, 0.1) is 7.11 Å². The van der Waals surface area contributed by atoms with Crippen molar-refractivity contribution in [2.75, 3.05) is 51.3 Å². The average Bonchev–Trinajstić information content (AvgIpc) is 2.62. The van der Waals surface area contributed by atoms with E-state index in [9.17, 15) is 0 Å². The number of hydrogen-bond donors (Lipinski definition) is 0. The van der Waals surface area contributed by atoms with Crippen molar-refractivity contribution < 1.29 is 9.47 Å². The summed E-state index contributed by atoms with van der Waals surface area (Å²) in [5, 5.41) is 0. The van der Waals surface area contributed by atoms with Crippen LogP contribution in [0.5, 0.6) is 11.5 Å². The zero-order valence-electron chi connectivity index (χ0n) is 14.6. The smallest absolute Gasteiger partial charge is 0.120 e. The van der Waals surface area contributed by atoms with E-state index < -0.39 is 0 Å². The highest BCUT2D eigenvalue weighted by atomic mass is 16.5. The summed E-state index contributed by atoms with van der Waals surface area (Å²) < 4.78 is 11.2. The van der Waals surface area contributed by atoms with Crippen LogP contribution in [0.4, 0.5) is 5.69 Å². The maximum atomic E-state index is 5.86. The molecule has 0 amide bonds. The maximum absolute atomic E-state index is 5.86. The fourth-order valence-corrected chi connectivity index (χ4v) is 3.03. The van der Waals surface area contributed by atoms with Crippen molar-refractivity contribution in [1.29, 1.82) is 0 Å². The van der Waals surface area contributed by atoms with E-state index in [-0.39, 0.29) is 0 Å². The van der Waals surface area contributed by atoms with Gasteiger partial charge in [-0.05, 0) is 36.8 Å². The second-order valence-electron chi connectivity index (χ2n) is 6.20. The van der Waals surface area contributed by atoms with Gasteiger partial charge >= 0.3 is 0 Å². The van der Waals surface area contributed by atoms with Crippen LogP contribution in [0, 0.1) is 6.92 Å². The molecule has 0 unspecified atom stereocenters. The predicted molar refractivity (Wildman–Crippen MR) is 98.3 cm³/mol. The maximum Gasteiger partial charge on any atom is 0.120 e. The summed E-state index contributed by atoms with van der Waals surface area (Å²) in [6, 6.07) is 16.5. The Bertz CT molecular complexity index is 652. The molecule has 0 aromatic heterocycles. The number of ether oxygens (including phenoxy) is 2. The van der Waals surface area contributed by atoms with Crippen molar-refractivity contribution in [3.8, 4) is 11.5 Å². The van der Waals surface area contributed by atoms with Gasteiger partial charge in [0, 0.05) is 44.5 Å². The number of rotatable bonds is 6. The summed E-state index contributed by atoms with van der Waals surface area (Å²) in [5.41, 5.74) is 2.48. The Morgan fingerprint density at radius 1 is 0.917 bits per heavy atom. The van der Waals surface area contributed by atoms with Gasteiger partial charge in [0.2, 0.25) is 0 Å². The molecular formula is C20H26N2O2. The van der Waals surface area contributed by atoms with Crippen molar-refractivity contribution in [2.45, 2.75) is 6.92 Å². The Morgan fingerprint density at radius 3 is 2.42 bits per heavy atom. The molecule has 0 spiro atoms. The van der Waals surface area contributed by atoms with Gasteiger partial charge in [-0.25, -0.2) is 0 Å². The number of methoxy groups -OCH3 is 1. The number of aryl methyl sites for hydroxylation is 1. The Hall–Kier alpha value is -2.20. The van der Waals surface area contributed by atoms with Crippen LogP contribution in [0.3, 0.4) is 0 Å².